The van der Waals surface area contributed by atoms with Gasteiger partial charge in [0.05, 0.1) is 12.1 Å². The molecule has 0 spiro atoms. The number of hydrogen-bond acceptors (Lipinski definition) is 4. The van der Waals surface area contributed by atoms with Crippen LogP contribution in [-0.2, 0) is 33.4 Å². The van der Waals surface area contributed by atoms with Crippen LogP contribution >= 0.6 is 0 Å². The molecule has 3 N–H and O–H groups in total. The van der Waals surface area contributed by atoms with E-state index in [1.807, 2.05) is 60.6 Å². The normalized spacial score (nSPS) is 12.5. The fourth-order valence-corrected chi connectivity index (χ4v) is 4.71. The van der Waals surface area contributed by atoms with Crippen molar-refractivity contribution in [2.45, 2.75) is 98.3 Å². The number of Topliss-reactive ketones (excluding diaryl/α,β-unsaturated/α-hetero) is 1. The third-order valence-electron chi connectivity index (χ3n) is 6.70. The van der Waals surface area contributed by atoms with Gasteiger partial charge < -0.3 is 16.0 Å². The van der Waals surface area contributed by atoms with E-state index in [1.54, 1.807) is 0 Å². The minimum Gasteiger partial charge on any atom is -0.350 e. The molecule has 0 aliphatic carbocycles. The molecule has 2 aromatic carbocycles. The number of nitrogens with one attached hydrogen (secondary N) is 3. The summed E-state index contributed by atoms with van der Waals surface area (Å²) in [5, 5.41) is 7.88. The van der Waals surface area contributed by atoms with Gasteiger partial charge >= 0.3 is 6.18 Å². The fourth-order valence-electron chi connectivity index (χ4n) is 4.71. The van der Waals surface area contributed by atoms with Crippen molar-refractivity contribution in [2.75, 3.05) is 6.54 Å². The molecule has 236 valence electrons. The van der Waals surface area contributed by atoms with Crippen molar-refractivity contribution in [1.29, 1.82) is 0 Å². The third kappa shape index (κ3) is 12.2. The summed E-state index contributed by atoms with van der Waals surface area (Å²) in [6.45, 7) is 12.6. The molecule has 0 aromatic heterocycles. The molecule has 0 heterocycles. The smallest absolute Gasteiger partial charge is 0.350 e. The van der Waals surface area contributed by atoms with Gasteiger partial charge in [0.1, 0.15) is 11.8 Å². The zero-order chi connectivity index (χ0) is 32.5. The molecule has 3 amide bonds. The zero-order valence-corrected chi connectivity index (χ0v) is 26.1. The van der Waals surface area contributed by atoms with E-state index < -0.39 is 41.7 Å². The summed E-state index contributed by atoms with van der Waals surface area (Å²) < 4.78 is 40.2. The number of aryl methyl sites for hydroxylation is 3. The Kier molecular flexibility index (Phi) is 12.5. The van der Waals surface area contributed by atoms with Crippen LogP contribution in [-0.4, -0.2) is 41.6 Å². The first kappa shape index (κ1) is 35.5. The van der Waals surface area contributed by atoms with Gasteiger partial charge in [-0.05, 0) is 88.6 Å². The highest BCUT2D eigenvalue weighted by atomic mass is 19.4. The Labute approximate surface area is 252 Å². The van der Waals surface area contributed by atoms with Crippen molar-refractivity contribution in [1.82, 2.24) is 16.0 Å². The summed E-state index contributed by atoms with van der Waals surface area (Å²) >= 11 is 0. The van der Waals surface area contributed by atoms with E-state index in [0.29, 0.717) is 25.3 Å². The summed E-state index contributed by atoms with van der Waals surface area (Å²) in [5.41, 5.74) is 1.67. The van der Waals surface area contributed by atoms with Crippen LogP contribution in [0.3, 0.4) is 0 Å². The predicted octanol–water partition coefficient (Wildman–Crippen LogP) is 5.63. The van der Waals surface area contributed by atoms with Gasteiger partial charge in [-0.15, -0.1) is 0 Å². The topological polar surface area (TPSA) is 104 Å². The van der Waals surface area contributed by atoms with Crippen LogP contribution < -0.4 is 16.0 Å². The maximum Gasteiger partial charge on any atom is 0.416 e. The summed E-state index contributed by atoms with van der Waals surface area (Å²) in [4.78, 5) is 51.2. The molecule has 0 bridgehead atoms. The summed E-state index contributed by atoms with van der Waals surface area (Å²) in [7, 11) is 0. The van der Waals surface area contributed by atoms with Crippen molar-refractivity contribution in [3.05, 3.63) is 69.8 Å². The summed E-state index contributed by atoms with van der Waals surface area (Å²) in [5.74, 6) is -2.13. The van der Waals surface area contributed by atoms with Crippen LogP contribution in [0.5, 0.6) is 0 Å². The van der Waals surface area contributed by atoms with E-state index >= 15 is 0 Å². The van der Waals surface area contributed by atoms with E-state index in [2.05, 4.69) is 22.0 Å². The first-order valence-electron chi connectivity index (χ1n) is 14.5. The number of amides is 3. The van der Waals surface area contributed by atoms with Crippen molar-refractivity contribution in [3.63, 3.8) is 0 Å². The number of alkyl halides is 3. The Hall–Kier alpha value is -3.69. The Bertz CT molecular complexity index is 1310. The second-order valence-corrected chi connectivity index (χ2v) is 12.5. The highest BCUT2D eigenvalue weighted by Crippen LogP contribution is 2.31. The van der Waals surface area contributed by atoms with Crippen LogP contribution in [0.25, 0.3) is 0 Å². The van der Waals surface area contributed by atoms with Crippen LogP contribution in [0.2, 0.25) is 0 Å². The van der Waals surface area contributed by atoms with Gasteiger partial charge in [-0.1, -0.05) is 43.7 Å². The van der Waals surface area contributed by atoms with E-state index in [9.17, 15) is 32.3 Å². The fraction of sp³-hybridized carbons (Fsp3) is 0.515. The summed E-state index contributed by atoms with van der Waals surface area (Å²) in [6, 6.07) is 7.91. The van der Waals surface area contributed by atoms with Crippen molar-refractivity contribution < 1.29 is 32.3 Å². The van der Waals surface area contributed by atoms with Gasteiger partial charge in [0.15, 0.2) is 0 Å². The lowest BCUT2D eigenvalue weighted by Crippen LogP contribution is -2.53. The first-order valence-corrected chi connectivity index (χ1v) is 14.5. The molecule has 0 saturated carbocycles. The molecular weight excluding hydrogens is 559 g/mol. The largest absolute Gasteiger partial charge is 0.416 e. The molecule has 0 aliphatic rings. The molecule has 0 fully saturated rings. The highest BCUT2D eigenvalue weighted by molar-refractivity contribution is 5.99. The Morgan fingerprint density at radius 1 is 0.907 bits per heavy atom. The monoisotopic (exact) mass is 603 g/mol. The Morgan fingerprint density at radius 3 is 2.14 bits per heavy atom. The van der Waals surface area contributed by atoms with E-state index in [1.165, 1.54) is 0 Å². The SMILES string of the molecule is Cc1ccc(CCC[C@H](NC(=O)CNC(=O)c2cc(C(F)(F)F)ccc2CC(=O)CC(C)C)C(=O)NC(C)(C)C)c(C)c1. The van der Waals surface area contributed by atoms with Gasteiger partial charge in [0.25, 0.3) is 5.91 Å². The number of ketones is 1. The molecule has 0 unspecified atom stereocenters. The van der Waals surface area contributed by atoms with Crippen molar-refractivity contribution >= 4 is 23.5 Å². The molecule has 2 rings (SSSR count). The number of halogens is 3. The zero-order valence-electron chi connectivity index (χ0n) is 26.1. The second kappa shape index (κ2) is 15.2. The lowest BCUT2D eigenvalue weighted by molar-refractivity contribution is -0.137. The van der Waals surface area contributed by atoms with Crippen molar-refractivity contribution in [2.24, 2.45) is 5.92 Å². The quantitative estimate of drug-likeness (QED) is 0.276. The second-order valence-electron chi connectivity index (χ2n) is 12.5. The average molecular weight is 604 g/mol. The van der Waals surface area contributed by atoms with E-state index in [0.717, 1.165) is 28.8 Å². The van der Waals surface area contributed by atoms with Crippen molar-refractivity contribution in [3.8, 4) is 0 Å². The molecule has 0 aliphatic heterocycles. The van der Waals surface area contributed by atoms with Crippen LogP contribution in [0, 0.1) is 19.8 Å². The third-order valence-corrected chi connectivity index (χ3v) is 6.70. The minimum atomic E-state index is -4.70. The predicted molar refractivity (Wildman–Crippen MR) is 161 cm³/mol. The van der Waals surface area contributed by atoms with Gasteiger partial charge in [-0.2, -0.15) is 13.2 Å². The van der Waals surface area contributed by atoms with Crippen LogP contribution in [0.4, 0.5) is 13.2 Å². The highest BCUT2D eigenvalue weighted by Gasteiger charge is 2.32. The molecular formula is C33H44F3N3O4. The van der Waals surface area contributed by atoms with Gasteiger partial charge in [0.2, 0.25) is 11.8 Å². The first-order chi connectivity index (χ1) is 19.9. The maximum atomic E-state index is 13.4. The maximum absolute atomic E-state index is 13.4. The van der Waals surface area contributed by atoms with Crippen LogP contribution in [0.15, 0.2) is 36.4 Å². The number of carbonyl (C=O) groups is 4. The lowest BCUT2D eigenvalue weighted by atomic mass is 9.95. The molecule has 1 atom stereocenters. The molecule has 10 heteroatoms. The average Bonchev–Trinajstić information content (AvgIpc) is 2.85. The molecule has 0 saturated heterocycles. The Balaban J connectivity index is 2.14. The number of benzene rings is 2. The van der Waals surface area contributed by atoms with Gasteiger partial charge in [-0.25, -0.2) is 0 Å². The Morgan fingerprint density at radius 2 is 1.56 bits per heavy atom. The number of carbonyl (C=O) groups excluding carboxylic acids is 4. The number of hydrogen-bond donors (Lipinski definition) is 3. The molecule has 7 nitrogen and oxygen atoms in total. The minimum absolute atomic E-state index is 0.0484. The molecule has 0 radical (unpaired) electrons. The van der Waals surface area contributed by atoms with Gasteiger partial charge in [0, 0.05) is 23.9 Å². The van der Waals surface area contributed by atoms with Crippen LogP contribution in [0.1, 0.15) is 92.1 Å². The van der Waals surface area contributed by atoms with E-state index in [4.69, 9.17) is 0 Å². The number of rotatable bonds is 13. The van der Waals surface area contributed by atoms with E-state index in [-0.39, 0.29) is 41.6 Å². The summed E-state index contributed by atoms with van der Waals surface area (Å²) in [6.07, 6.45) is -3.04. The molecule has 2 aromatic rings. The lowest BCUT2D eigenvalue weighted by Gasteiger charge is -2.25. The standard InChI is InChI=1S/C33H44F3N3O4/c1-20(2)15-26(40)17-24-13-14-25(33(34,35)36)18-27(24)30(42)37-19-29(41)38-28(31(43)39-32(5,6)7)10-8-9-23-12-11-21(3)16-22(23)4/h11-14,16,18,20,28H,8-10,15,17,19H2,1-7H3,(H,37,42)(H,38,41)(H,39,43)/t28-/m0/s1. The molecule has 43 heavy (non-hydrogen) atoms. The van der Waals surface area contributed by atoms with Gasteiger partial charge in [-0.3, -0.25) is 19.2 Å².